The summed E-state index contributed by atoms with van der Waals surface area (Å²) >= 11 is 3.14. The fourth-order valence-corrected chi connectivity index (χ4v) is 0.642. The zero-order valence-corrected chi connectivity index (χ0v) is 5.38. The maximum Gasteiger partial charge on any atom is 0.148 e. The normalized spacial score (nSPS) is 9.43. The molecule has 0 N–H and O–H groups in total. The molecule has 38 valence electrons. The smallest absolute Gasteiger partial charge is 0.148 e. The molecule has 0 radical (unpaired) electrons. The molecule has 0 aliphatic rings. The Kier molecular flexibility index (Phi) is 1.10. The molecule has 7 heavy (non-hydrogen) atoms. The van der Waals surface area contributed by atoms with Crippen molar-refractivity contribution in [2.45, 2.75) is 0 Å². The maximum absolute atomic E-state index is 3.83. The van der Waals surface area contributed by atoms with Crippen LogP contribution in [-0.2, 0) is 7.05 Å². The average Bonchev–Trinajstić information content (AvgIpc) is 1.87. The van der Waals surface area contributed by atoms with E-state index >= 15 is 0 Å². The summed E-state index contributed by atoms with van der Waals surface area (Å²) in [6.07, 6.45) is 1.64. The van der Waals surface area contributed by atoms with Crippen molar-refractivity contribution in [3.63, 3.8) is 0 Å². The Morgan fingerprint density at radius 2 is 2.57 bits per heavy atom. The van der Waals surface area contributed by atoms with Gasteiger partial charge in [0.25, 0.3) is 0 Å². The number of hydrogen-bond acceptors (Lipinski definition) is 2. The minimum absolute atomic E-state index is 0.773. The number of aryl methyl sites for hydroxylation is 1. The van der Waals surface area contributed by atoms with E-state index in [1.54, 1.807) is 13.2 Å². The van der Waals surface area contributed by atoms with E-state index < -0.39 is 0 Å². The summed E-state index contributed by atoms with van der Waals surface area (Å²) in [7, 11) is 1.77. The predicted molar refractivity (Wildman–Crippen MR) is 28.7 cm³/mol. The molecule has 0 atom stereocenters. The van der Waals surface area contributed by atoms with Crippen molar-refractivity contribution in [2.75, 3.05) is 0 Å². The zero-order valence-electron chi connectivity index (χ0n) is 3.80. The lowest BCUT2D eigenvalue weighted by Crippen LogP contribution is -1.90. The molecule has 0 aromatic carbocycles. The van der Waals surface area contributed by atoms with Crippen molar-refractivity contribution >= 4 is 15.9 Å². The van der Waals surface area contributed by atoms with Crippen molar-refractivity contribution in [3.8, 4) is 0 Å². The van der Waals surface area contributed by atoms with Gasteiger partial charge in [0.1, 0.15) is 4.60 Å². The van der Waals surface area contributed by atoms with Crippen LogP contribution in [0.3, 0.4) is 0 Å². The second-order valence-corrected chi connectivity index (χ2v) is 1.97. The fourth-order valence-electron chi connectivity index (χ4n) is 0.321. The highest BCUT2D eigenvalue weighted by atomic mass is 79.9. The molecule has 1 heterocycles. The SMILES string of the molecule is Cn1ncc(Br)n1. The summed E-state index contributed by atoms with van der Waals surface area (Å²) in [6.45, 7) is 0. The van der Waals surface area contributed by atoms with Gasteiger partial charge in [0, 0.05) is 7.05 Å². The summed E-state index contributed by atoms with van der Waals surface area (Å²) in [6, 6.07) is 0. The Labute approximate surface area is 49.5 Å². The molecule has 0 unspecified atom stereocenters. The highest BCUT2D eigenvalue weighted by molar-refractivity contribution is 9.10. The fraction of sp³-hybridized carbons (Fsp3) is 0.333. The van der Waals surface area contributed by atoms with Crippen LogP contribution in [0.25, 0.3) is 0 Å². The van der Waals surface area contributed by atoms with Crippen LogP contribution < -0.4 is 0 Å². The molecule has 1 aromatic rings. The second kappa shape index (κ2) is 1.61. The molecule has 0 amide bonds. The van der Waals surface area contributed by atoms with Gasteiger partial charge in [-0.25, -0.2) is 0 Å². The molecule has 0 aliphatic carbocycles. The Morgan fingerprint density at radius 3 is 2.71 bits per heavy atom. The van der Waals surface area contributed by atoms with Gasteiger partial charge < -0.3 is 0 Å². The van der Waals surface area contributed by atoms with Crippen LogP contribution in [-0.4, -0.2) is 15.0 Å². The molecule has 0 saturated heterocycles. The largest absolute Gasteiger partial charge is 0.187 e. The summed E-state index contributed by atoms with van der Waals surface area (Å²) in [5.41, 5.74) is 0. The van der Waals surface area contributed by atoms with E-state index in [-0.39, 0.29) is 0 Å². The predicted octanol–water partition coefficient (Wildman–Crippen LogP) is 0.578. The lowest BCUT2D eigenvalue weighted by Gasteiger charge is -1.76. The first-order chi connectivity index (χ1) is 3.29. The van der Waals surface area contributed by atoms with Crippen LogP contribution in [0.1, 0.15) is 0 Å². The van der Waals surface area contributed by atoms with Crippen LogP contribution in [0.2, 0.25) is 0 Å². The van der Waals surface area contributed by atoms with Crippen LogP contribution in [0, 0.1) is 0 Å². The van der Waals surface area contributed by atoms with E-state index in [0.29, 0.717) is 0 Å². The van der Waals surface area contributed by atoms with Gasteiger partial charge in [0.15, 0.2) is 0 Å². The standard InChI is InChI=1S/C3H4BrN3/c1-7-5-2-3(4)6-7/h2H,1H3. The van der Waals surface area contributed by atoms with Crippen molar-refractivity contribution in [3.05, 3.63) is 10.8 Å². The topological polar surface area (TPSA) is 30.7 Å². The molecule has 0 aliphatic heterocycles. The van der Waals surface area contributed by atoms with Crippen molar-refractivity contribution in [1.82, 2.24) is 15.0 Å². The van der Waals surface area contributed by atoms with Gasteiger partial charge in [-0.2, -0.15) is 9.90 Å². The van der Waals surface area contributed by atoms with Gasteiger partial charge in [0.2, 0.25) is 0 Å². The van der Waals surface area contributed by atoms with Crippen LogP contribution in [0.5, 0.6) is 0 Å². The van der Waals surface area contributed by atoms with Crippen molar-refractivity contribution < 1.29 is 0 Å². The first-order valence-electron chi connectivity index (χ1n) is 1.81. The van der Waals surface area contributed by atoms with Gasteiger partial charge in [-0.1, -0.05) is 0 Å². The molecular weight excluding hydrogens is 158 g/mol. The highest BCUT2D eigenvalue weighted by Crippen LogP contribution is 1.98. The first kappa shape index (κ1) is 4.77. The number of aromatic nitrogens is 3. The lowest BCUT2D eigenvalue weighted by atomic mass is 11.0. The summed E-state index contributed by atoms with van der Waals surface area (Å²) in [5, 5.41) is 7.61. The third-order valence-corrected chi connectivity index (χ3v) is 0.935. The zero-order chi connectivity index (χ0) is 5.28. The van der Waals surface area contributed by atoms with E-state index in [4.69, 9.17) is 0 Å². The van der Waals surface area contributed by atoms with Gasteiger partial charge in [-0.15, -0.1) is 5.10 Å². The summed E-state index contributed by atoms with van der Waals surface area (Å²) in [5.74, 6) is 0. The van der Waals surface area contributed by atoms with Crippen molar-refractivity contribution in [1.29, 1.82) is 0 Å². The molecule has 0 fully saturated rings. The first-order valence-corrected chi connectivity index (χ1v) is 2.60. The maximum atomic E-state index is 3.83. The molecule has 1 aromatic heterocycles. The third-order valence-electron chi connectivity index (χ3n) is 0.572. The van der Waals surface area contributed by atoms with Crippen LogP contribution >= 0.6 is 15.9 Å². The van der Waals surface area contributed by atoms with Gasteiger partial charge in [-0.3, -0.25) is 0 Å². The number of rotatable bonds is 0. The van der Waals surface area contributed by atoms with Gasteiger partial charge >= 0.3 is 0 Å². The number of hydrogen-bond donors (Lipinski definition) is 0. The van der Waals surface area contributed by atoms with Gasteiger partial charge in [0.05, 0.1) is 6.20 Å². The van der Waals surface area contributed by atoms with Crippen molar-refractivity contribution in [2.24, 2.45) is 7.05 Å². The Balaban J connectivity index is 3.04. The molecular formula is C3H4BrN3. The van der Waals surface area contributed by atoms with E-state index in [1.165, 1.54) is 4.80 Å². The Morgan fingerprint density at radius 1 is 1.86 bits per heavy atom. The Hall–Kier alpha value is -0.380. The molecule has 0 spiro atoms. The molecule has 1 rings (SSSR count). The molecule has 4 heteroatoms. The quantitative estimate of drug-likeness (QED) is 0.558. The van der Waals surface area contributed by atoms with E-state index in [1.807, 2.05) is 0 Å². The van der Waals surface area contributed by atoms with Gasteiger partial charge in [-0.05, 0) is 15.9 Å². The van der Waals surface area contributed by atoms with Crippen LogP contribution in [0.15, 0.2) is 10.8 Å². The van der Waals surface area contributed by atoms with E-state index in [2.05, 4.69) is 26.1 Å². The molecule has 3 nitrogen and oxygen atoms in total. The molecule has 0 bridgehead atoms. The average molecular weight is 162 g/mol. The summed E-state index contributed by atoms with van der Waals surface area (Å²) < 4.78 is 0.773. The van der Waals surface area contributed by atoms with E-state index in [0.717, 1.165) is 4.60 Å². The third kappa shape index (κ3) is 0.991. The highest BCUT2D eigenvalue weighted by Gasteiger charge is 1.85. The second-order valence-electron chi connectivity index (χ2n) is 1.16. The monoisotopic (exact) mass is 161 g/mol. The number of halogens is 1. The summed E-state index contributed by atoms with van der Waals surface area (Å²) in [4.78, 5) is 1.49. The minimum atomic E-state index is 0.773. The van der Waals surface area contributed by atoms with E-state index in [9.17, 15) is 0 Å². The number of nitrogens with zero attached hydrogens (tertiary/aromatic N) is 3. The minimum Gasteiger partial charge on any atom is -0.187 e. The van der Waals surface area contributed by atoms with Crippen LogP contribution in [0.4, 0.5) is 0 Å². The Bertz CT molecular complexity index is 142. The molecule has 0 saturated carbocycles. The lowest BCUT2D eigenvalue weighted by molar-refractivity contribution is 0.651.